The van der Waals surface area contributed by atoms with Crippen molar-refractivity contribution in [2.24, 2.45) is 0 Å². The number of nitrogens with zero attached hydrogens (tertiary/aromatic N) is 2. The fourth-order valence-corrected chi connectivity index (χ4v) is 3.10. The summed E-state index contributed by atoms with van der Waals surface area (Å²) >= 11 is 3.64. The van der Waals surface area contributed by atoms with Crippen LogP contribution in [0.2, 0.25) is 0 Å². The lowest BCUT2D eigenvalue weighted by molar-refractivity contribution is 0.0139. The van der Waals surface area contributed by atoms with Crippen molar-refractivity contribution in [2.75, 3.05) is 13.1 Å². The highest BCUT2D eigenvalue weighted by Crippen LogP contribution is 2.30. The number of piperidine rings is 1. The Hall–Kier alpha value is -0.750. The van der Waals surface area contributed by atoms with E-state index in [4.69, 9.17) is 4.74 Å². The first-order chi connectivity index (χ1) is 9.69. The van der Waals surface area contributed by atoms with Gasteiger partial charge in [0.15, 0.2) is 0 Å². The molecule has 5 nitrogen and oxygen atoms in total. The molecule has 120 valence electrons. The van der Waals surface area contributed by atoms with Crippen LogP contribution >= 0.6 is 15.9 Å². The summed E-state index contributed by atoms with van der Waals surface area (Å²) in [5.41, 5.74) is 4.30. The number of allylic oxidation sites excluding steroid dienone is 1. The van der Waals surface area contributed by atoms with Gasteiger partial charge in [0, 0.05) is 29.3 Å². The van der Waals surface area contributed by atoms with Crippen LogP contribution in [0, 0.1) is 0 Å². The molecule has 1 saturated heterocycles. The topological polar surface area (TPSA) is 44.8 Å². The Balaban J connectivity index is 1.88. The fourth-order valence-electron chi connectivity index (χ4n) is 2.80. The van der Waals surface area contributed by atoms with Gasteiger partial charge in [-0.2, -0.15) is 0 Å². The van der Waals surface area contributed by atoms with E-state index in [2.05, 4.69) is 40.2 Å². The number of hydrazine groups is 1. The molecular weight excluding hydrogens is 334 g/mol. The summed E-state index contributed by atoms with van der Waals surface area (Å²) in [7, 11) is 0. The van der Waals surface area contributed by atoms with Crippen molar-refractivity contribution in [3.05, 3.63) is 10.2 Å². The number of carbonyl (C=O) groups is 1. The van der Waals surface area contributed by atoms with Crippen molar-refractivity contribution >= 4 is 22.0 Å². The lowest BCUT2D eigenvalue weighted by Gasteiger charge is -2.38. The molecule has 6 heteroatoms. The summed E-state index contributed by atoms with van der Waals surface area (Å²) in [6.45, 7) is 11.5. The van der Waals surface area contributed by atoms with Crippen LogP contribution in [0.25, 0.3) is 0 Å². The number of ether oxygens (including phenoxy) is 1. The van der Waals surface area contributed by atoms with Crippen molar-refractivity contribution in [3.8, 4) is 0 Å². The van der Waals surface area contributed by atoms with Gasteiger partial charge in [0.25, 0.3) is 0 Å². The molecule has 1 N–H and O–H groups in total. The molecule has 2 rings (SSSR count). The van der Waals surface area contributed by atoms with Gasteiger partial charge in [0.1, 0.15) is 5.60 Å². The molecule has 2 heterocycles. The minimum atomic E-state index is -0.427. The minimum Gasteiger partial charge on any atom is -0.444 e. The van der Waals surface area contributed by atoms with Crippen LogP contribution in [-0.4, -0.2) is 46.8 Å². The van der Waals surface area contributed by atoms with E-state index in [1.54, 1.807) is 0 Å². The molecular formula is C15H26BrN3O2. The average Bonchev–Trinajstić information content (AvgIpc) is 2.65. The zero-order chi connectivity index (χ0) is 15.8. The van der Waals surface area contributed by atoms with Gasteiger partial charge < -0.3 is 14.6 Å². The number of likely N-dealkylation sites (tertiary alicyclic amines) is 1. The number of hydrogen-bond acceptors (Lipinski definition) is 4. The molecule has 0 spiro atoms. The summed E-state index contributed by atoms with van der Waals surface area (Å²) in [6.07, 6.45) is 1.71. The highest BCUT2D eigenvalue weighted by molar-refractivity contribution is 9.11. The molecule has 0 saturated carbocycles. The Kier molecular flexibility index (Phi) is 4.88. The first kappa shape index (κ1) is 16.6. The normalized spacial score (nSPS) is 24.8. The van der Waals surface area contributed by atoms with E-state index in [0.29, 0.717) is 12.1 Å². The Bertz CT molecular complexity index is 437. The van der Waals surface area contributed by atoms with Gasteiger partial charge >= 0.3 is 6.09 Å². The highest BCUT2D eigenvalue weighted by Gasteiger charge is 2.33. The lowest BCUT2D eigenvalue weighted by atomic mass is 10.0. The Morgan fingerprint density at radius 1 is 1.33 bits per heavy atom. The molecule has 2 aliphatic heterocycles. The van der Waals surface area contributed by atoms with E-state index in [1.165, 1.54) is 10.2 Å². The van der Waals surface area contributed by atoms with Crippen molar-refractivity contribution in [1.82, 2.24) is 15.3 Å². The van der Waals surface area contributed by atoms with Crippen LogP contribution in [0.5, 0.6) is 0 Å². The molecule has 1 amide bonds. The lowest BCUT2D eigenvalue weighted by Crippen LogP contribution is -2.50. The molecule has 1 unspecified atom stereocenters. The summed E-state index contributed by atoms with van der Waals surface area (Å²) in [5, 5.41) is 2.25. The van der Waals surface area contributed by atoms with Gasteiger partial charge in [0.2, 0.25) is 0 Å². The number of halogens is 1. The van der Waals surface area contributed by atoms with Crippen molar-refractivity contribution in [3.63, 3.8) is 0 Å². The van der Waals surface area contributed by atoms with Gasteiger partial charge in [0.05, 0.1) is 6.04 Å². The second kappa shape index (κ2) is 6.16. The van der Waals surface area contributed by atoms with Crippen LogP contribution in [-0.2, 0) is 4.74 Å². The van der Waals surface area contributed by atoms with Crippen molar-refractivity contribution in [2.45, 2.75) is 65.1 Å². The number of carbonyl (C=O) groups excluding carboxylic acids is 1. The van der Waals surface area contributed by atoms with E-state index in [1.807, 2.05) is 25.7 Å². The molecule has 0 aromatic rings. The quantitative estimate of drug-likeness (QED) is 0.780. The average molecular weight is 360 g/mol. The van der Waals surface area contributed by atoms with Gasteiger partial charge in [-0.05, 0) is 47.5 Å². The number of hydrogen-bond donors (Lipinski definition) is 1. The van der Waals surface area contributed by atoms with Gasteiger partial charge in [-0.15, -0.1) is 0 Å². The van der Waals surface area contributed by atoms with Crippen molar-refractivity contribution < 1.29 is 9.53 Å². The van der Waals surface area contributed by atoms with Crippen molar-refractivity contribution in [1.29, 1.82) is 0 Å². The second-order valence-electron chi connectivity index (χ2n) is 6.85. The molecule has 0 radical (unpaired) electrons. The predicted octanol–water partition coefficient (Wildman–Crippen LogP) is 3.22. The molecule has 0 aliphatic carbocycles. The van der Waals surface area contributed by atoms with Crippen LogP contribution in [0.15, 0.2) is 10.2 Å². The first-order valence-corrected chi connectivity index (χ1v) is 8.38. The van der Waals surface area contributed by atoms with Gasteiger partial charge in [-0.1, -0.05) is 15.9 Å². The largest absolute Gasteiger partial charge is 0.444 e. The van der Waals surface area contributed by atoms with Crippen LogP contribution < -0.4 is 5.43 Å². The highest BCUT2D eigenvalue weighted by atomic mass is 79.9. The molecule has 0 aromatic carbocycles. The van der Waals surface area contributed by atoms with Crippen LogP contribution in [0.4, 0.5) is 4.79 Å². The van der Waals surface area contributed by atoms with Gasteiger partial charge in [-0.25, -0.2) is 10.2 Å². The maximum Gasteiger partial charge on any atom is 0.410 e. The summed E-state index contributed by atoms with van der Waals surface area (Å²) in [5.74, 6) is 0. The monoisotopic (exact) mass is 359 g/mol. The third kappa shape index (κ3) is 3.92. The SMILES string of the molecule is CC1=C(Br)C(C)NN1C1CCN(C(=O)OC(C)(C)C)CC1. The van der Waals surface area contributed by atoms with Gasteiger partial charge in [-0.3, -0.25) is 0 Å². The van der Waals surface area contributed by atoms with Crippen LogP contribution in [0.3, 0.4) is 0 Å². The molecule has 1 atom stereocenters. The maximum atomic E-state index is 12.1. The smallest absolute Gasteiger partial charge is 0.410 e. The third-order valence-corrected chi connectivity index (χ3v) is 5.16. The Morgan fingerprint density at radius 3 is 2.33 bits per heavy atom. The maximum absolute atomic E-state index is 12.1. The molecule has 0 aromatic heterocycles. The standard InChI is InChI=1S/C15H26BrN3O2/c1-10-13(16)11(2)19(17-10)12-6-8-18(9-7-12)14(20)21-15(3,4)5/h10,12,17H,6-9H2,1-5H3. The Labute approximate surface area is 135 Å². The first-order valence-electron chi connectivity index (χ1n) is 7.58. The summed E-state index contributed by atoms with van der Waals surface area (Å²) in [4.78, 5) is 13.9. The van der Waals surface area contributed by atoms with E-state index in [-0.39, 0.29) is 6.09 Å². The molecule has 21 heavy (non-hydrogen) atoms. The van der Waals surface area contributed by atoms with E-state index >= 15 is 0 Å². The second-order valence-corrected chi connectivity index (χ2v) is 7.71. The molecule has 1 fully saturated rings. The fraction of sp³-hybridized carbons (Fsp3) is 0.800. The number of amides is 1. The molecule has 0 bridgehead atoms. The summed E-state index contributed by atoms with van der Waals surface area (Å²) < 4.78 is 6.65. The third-order valence-electron chi connectivity index (χ3n) is 3.90. The van der Waals surface area contributed by atoms with E-state index in [0.717, 1.165) is 25.9 Å². The van der Waals surface area contributed by atoms with E-state index < -0.39 is 5.60 Å². The number of rotatable bonds is 1. The predicted molar refractivity (Wildman–Crippen MR) is 86.9 cm³/mol. The number of nitrogens with one attached hydrogen (secondary N) is 1. The Morgan fingerprint density at radius 2 is 1.90 bits per heavy atom. The zero-order valence-electron chi connectivity index (χ0n) is 13.6. The van der Waals surface area contributed by atoms with Crippen LogP contribution in [0.1, 0.15) is 47.5 Å². The molecule has 2 aliphatic rings. The van der Waals surface area contributed by atoms with E-state index in [9.17, 15) is 4.79 Å². The summed E-state index contributed by atoms with van der Waals surface area (Å²) in [6, 6.07) is 0.759. The minimum absolute atomic E-state index is 0.197. The zero-order valence-corrected chi connectivity index (χ0v) is 15.2.